The third-order valence-electron chi connectivity index (χ3n) is 2.88. The summed E-state index contributed by atoms with van der Waals surface area (Å²) in [6.45, 7) is 1.78. The average molecular weight is 273 g/mol. The number of ether oxygens (including phenoxy) is 1. The molecule has 5 heteroatoms. The smallest absolute Gasteiger partial charge is 0.341 e. The molecule has 104 valence electrons. The zero-order chi connectivity index (χ0) is 14.5. The summed E-state index contributed by atoms with van der Waals surface area (Å²) in [5.41, 5.74) is 1.64. The second kappa shape index (κ2) is 6.16. The Hall–Kier alpha value is -2.40. The molecule has 0 saturated heterocycles. The van der Waals surface area contributed by atoms with Crippen LogP contribution in [0.4, 0.5) is 0 Å². The van der Waals surface area contributed by atoms with Gasteiger partial charge in [-0.05, 0) is 42.7 Å². The lowest BCUT2D eigenvalue weighted by molar-refractivity contribution is 0.0692. The predicted octanol–water partition coefficient (Wildman–Crippen LogP) is 2.42. The van der Waals surface area contributed by atoms with Crippen molar-refractivity contribution in [2.24, 2.45) is 0 Å². The number of hydrogen-bond acceptors (Lipinski definition) is 4. The van der Waals surface area contributed by atoms with Crippen LogP contribution in [0.25, 0.3) is 0 Å². The van der Waals surface area contributed by atoms with Crippen molar-refractivity contribution in [1.82, 2.24) is 4.98 Å². The van der Waals surface area contributed by atoms with E-state index in [-0.39, 0.29) is 18.1 Å². The van der Waals surface area contributed by atoms with E-state index < -0.39 is 5.97 Å². The number of carbonyl (C=O) groups is 1. The van der Waals surface area contributed by atoms with Crippen molar-refractivity contribution in [3.05, 3.63) is 53.2 Å². The summed E-state index contributed by atoms with van der Waals surface area (Å²) < 4.78 is 5.53. The molecule has 0 unspecified atom stereocenters. The van der Waals surface area contributed by atoms with E-state index >= 15 is 0 Å². The zero-order valence-corrected chi connectivity index (χ0v) is 11.0. The van der Waals surface area contributed by atoms with Gasteiger partial charge in [0.2, 0.25) is 5.88 Å². The van der Waals surface area contributed by atoms with Crippen LogP contribution >= 0.6 is 0 Å². The molecule has 1 aromatic heterocycles. The van der Waals surface area contributed by atoms with Gasteiger partial charge < -0.3 is 14.9 Å². The van der Waals surface area contributed by atoms with E-state index in [4.69, 9.17) is 9.84 Å². The summed E-state index contributed by atoms with van der Waals surface area (Å²) in [5, 5.41) is 18.0. The molecule has 0 spiro atoms. The number of benzene rings is 1. The molecule has 5 nitrogen and oxygen atoms in total. The number of carboxylic acids is 1. The van der Waals surface area contributed by atoms with Crippen molar-refractivity contribution < 1.29 is 19.7 Å². The SMILES string of the molecule is Cc1ccnc(Oc2ccc(CCO)cc2)c1C(=O)O. The molecule has 0 bridgehead atoms. The van der Waals surface area contributed by atoms with E-state index in [0.717, 1.165) is 5.56 Å². The molecule has 1 heterocycles. The quantitative estimate of drug-likeness (QED) is 0.874. The highest BCUT2D eigenvalue weighted by molar-refractivity contribution is 5.91. The van der Waals surface area contributed by atoms with Crippen LogP contribution in [0.5, 0.6) is 11.6 Å². The number of aromatic nitrogens is 1. The van der Waals surface area contributed by atoms with Crippen LogP contribution in [0, 0.1) is 6.92 Å². The van der Waals surface area contributed by atoms with Crippen LogP contribution in [-0.2, 0) is 6.42 Å². The fourth-order valence-electron chi connectivity index (χ4n) is 1.84. The third kappa shape index (κ3) is 3.13. The monoisotopic (exact) mass is 273 g/mol. The molecular weight excluding hydrogens is 258 g/mol. The molecule has 0 fully saturated rings. The maximum Gasteiger partial charge on any atom is 0.341 e. The van der Waals surface area contributed by atoms with Crippen LogP contribution in [0.15, 0.2) is 36.5 Å². The second-order valence-electron chi connectivity index (χ2n) is 4.33. The molecule has 0 saturated carbocycles. The van der Waals surface area contributed by atoms with Gasteiger partial charge in [0.15, 0.2) is 0 Å². The van der Waals surface area contributed by atoms with Gasteiger partial charge in [0.1, 0.15) is 11.3 Å². The van der Waals surface area contributed by atoms with Gasteiger partial charge in [-0.25, -0.2) is 9.78 Å². The molecule has 20 heavy (non-hydrogen) atoms. The molecule has 0 radical (unpaired) electrons. The van der Waals surface area contributed by atoms with Crippen LogP contribution in [0.3, 0.4) is 0 Å². The van der Waals surface area contributed by atoms with Gasteiger partial charge in [0.25, 0.3) is 0 Å². The third-order valence-corrected chi connectivity index (χ3v) is 2.88. The molecule has 2 rings (SSSR count). The molecule has 0 aliphatic rings. The molecule has 1 aromatic carbocycles. The van der Waals surface area contributed by atoms with E-state index in [1.807, 2.05) is 12.1 Å². The number of carboxylic acid groups (broad SMARTS) is 1. The minimum Gasteiger partial charge on any atom is -0.477 e. The Morgan fingerprint density at radius 3 is 2.55 bits per heavy atom. The second-order valence-corrected chi connectivity index (χ2v) is 4.33. The van der Waals surface area contributed by atoms with E-state index in [1.165, 1.54) is 6.20 Å². The Morgan fingerprint density at radius 1 is 1.25 bits per heavy atom. The first kappa shape index (κ1) is 14.0. The lowest BCUT2D eigenvalue weighted by Crippen LogP contribution is -2.04. The molecule has 2 N–H and O–H groups in total. The van der Waals surface area contributed by atoms with Crippen LogP contribution in [-0.4, -0.2) is 27.8 Å². The van der Waals surface area contributed by atoms with Gasteiger partial charge in [-0.3, -0.25) is 0 Å². The number of hydrogen-bond donors (Lipinski definition) is 2. The summed E-state index contributed by atoms with van der Waals surface area (Å²) in [6, 6.07) is 8.71. The van der Waals surface area contributed by atoms with Crippen molar-refractivity contribution in [3.8, 4) is 11.6 Å². The van der Waals surface area contributed by atoms with E-state index in [2.05, 4.69) is 4.98 Å². The first-order chi connectivity index (χ1) is 9.61. The normalized spacial score (nSPS) is 10.3. The highest BCUT2D eigenvalue weighted by Gasteiger charge is 2.16. The standard InChI is InChI=1S/C15H15NO4/c1-10-6-8-16-14(13(10)15(18)19)20-12-4-2-11(3-5-12)7-9-17/h2-6,8,17H,7,9H2,1H3,(H,18,19). The molecule has 0 aliphatic carbocycles. The average Bonchev–Trinajstić information content (AvgIpc) is 2.41. The lowest BCUT2D eigenvalue weighted by Gasteiger charge is -2.09. The molecule has 0 amide bonds. The highest BCUT2D eigenvalue weighted by atomic mass is 16.5. The van der Waals surface area contributed by atoms with Gasteiger partial charge in [-0.15, -0.1) is 0 Å². The fourth-order valence-corrected chi connectivity index (χ4v) is 1.84. The van der Waals surface area contributed by atoms with E-state index in [1.54, 1.807) is 25.1 Å². The number of aliphatic hydroxyl groups excluding tert-OH is 1. The van der Waals surface area contributed by atoms with Gasteiger partial charge in [-0.1, -0.05) is 12.1 Å². The maximum atomic E-state index is 11.2. The topological polar surface area (TPSA) is 79.7 Å². The van der Waals surface area contributed by atoms with Crippen molar-refractivity contribution >= 4 is 5.97 Å². The number of aromatic carboxylic acids is 1. The van der Waals surface area contributed by atoms with Crippen LogP contribution in [0.2, 0.25) is 0 Å². The van der Waals surface area contributed by atoms with Crippen molar-refractivity contribution in [3.63, 3.8) is 0 Å². The van der Waals surface area contributed by atoms with Crippen molar-refractivity contribution in [2.75, 3.05) is 6.61 Å². The Labute approximate surface area is 116 Å². The molecule has 0 atom stereocenters. The van der Waals surface area contributed by atoms with Crippen molar-refractivity contribution in [2.45, 2.75) is 13.3 Å². The van der Waals surface area contributed by atoms with Gasteiger partial charge in [0.05, 0.1) is 0 Å². The first-order valence-corrected chi connectivity index (χ1v) is 6.18. The number of pyridine rings is 1. The van der Waals surface area contributed by atoms with Crippen molar-refractivity contribution in [1.29, 1.82) is 0 Å². The molecule has 2 aromatic rings. The fraction of sp³-hybridized carbons (Fsp3) is 0.200. The Kier molecular flexibility index (Phi) is 4.32. The van der Waals surface area contributed by atoms with Crippen LogP contribution < -0.4 is 4.74 Å². The Balaban J connectivity index is 2.26. The summed E-state index contributed by atoms with van der Waals surface area (Å²) in [6.07, 6.45) is 2.08. The first-order valence-electron chi connectivity index (χ1n) is 6.18. The molecular formula is C15H15NO4. The Bertz CT molecular complexity index is 608. The minimum absolute atomic E-state index is 0.0620. The summed E-state index contributed by atoms with van der Waals surface area (Å²) >= 11 is 0. The zero-order valence-electron chi connectivity index (χ0n) is 11.0. The predicted molar refractivity (Wildman–Crippen MR) is 73.2 cm³/mol. The Morgan fingerprint density at radius 2 is 1.95 bits per heavy atom. The number of nitrogens with zero attached hydrogens (tertiary/aromatic N) is 1. The number of rotatable bonds is 5. The molecule has 0 aliphatic heterocycles. The van der Waals surface area contributed by atoms with E-state index in [9.17, 15) is 9.90 Å². The summed E-state index contributed by atoms with van der Waals surface area (Å²) in [4.78, 5) is 15.2. The maximum absolute atomic E-state index is 11.2. The van der Waals surface area contributed by atoms with Gasteiger partial charge in [-0.2, -0.15) is 0 Å². The van der Waals surface area contributed by atoms with Crippen LogP contribution in [0.1, 0.15) is 21.5 Å². The lowest BCUT2D eigenvalue weighted by atomic mass is 10.1. The van der Waals surface area contributed by atoms with Gasteiger partial charge in [0, 0.05) is 12.8 Å². The van der Waals surface area contributed by atoms with Gasteiger partial charge >= 0.3 is 5.97 Å². The highest BCUT2D eigenvalue weighted by Crippen LogP contribution is 2.25. The summed E-state index contributed by atoms with van der Waals surface area (Å²) in [7, 11) is 0. The van der Waals surface area contributed by atoms with E-state index in [0.29, 0.717) is 17.7 Å². The largest absolute Gasteiger partial charge is 0.477 e. The minimum atomic E-state index is -1.07. The number of aryl methyl sites for hydroxylation is 1. The number of aliphatic hydroxyl groups is 1. The summed E-state index contributed by atoms with van der Waals surface area (Å²) in [5.74, 6) is -0.484.